The largest absolute Gasteiger partial charge is 0.338 e. The molecule has 1 N–H and O–H groups in total. The van der Waals surface area contributed by atoms with Crippen LogP contribution in [0.4, 0.5) is 11.5 Å². The lowest BCUT2D eigenvalue weighted by Crippen LogP contribution is -2.01. The van der Waals surface area contributed by atoms with E-state index in [1.54, 1.807) is 30.9 Å². The molecule has 4 aromatic rings. The van der Waals surface area contributed by atoms with Gasteiger partial charge in [-0.05, 0) is 35.4 Å². The SMILES string of the molecule is CS(=O)(=O)Cc1cncc(-c2ccc3ncnc(Nc4cncc(Cl)c4)c3c2)c1. The summed E-state index contributed by atoms with van der Waals surface area (Å²) in [5.41, 5.74) is 3.80. The van der Waals surface area contributed by atoms with Crippen LogP contribution in [0.1, 0.15) is 5.56 Å². The minimum atomic E-state index is -3.14. The second-order valence-electron chi connectivity index (χ2n) is 6.62. The third kappa shape index (κ3) is 4.67. The van der Waals surface area contributed by atoms with E-state index in [0.717, 1.165) is 22.0 Å². The summed E-state index contributed by atoms with van der Waals surface area (Å²) < 4.78 is 23.2. The summed E-state index contributed by atoms with van der Waals surface area (Å²) in [6.07, 6.45) is 9.16. The third-order valence-electron chi connectivity index (χ3n) is 4.16. The van der Waals surface area contributed by atoms with Crippen molar-refractivity contribution in [1.82, 2.24) is 19.9 Å². The van der Waals surface area contributed by atoms with Crippen molar-refractivity contribution in [2.24, 2.45) is 0 Å². The van der Waals surface area contributed by atoms with Gasteiger partial charge in [-0.3, -0.25) is 9.97 Å². The van der Waals surface area contributed by atoms with Gasteiger partial charge in [0.05, 0.1) is 28.2 Å². The highest BCUT2D eigenvalue weighted by Gasteiger charge is 2.10. The Morgan fingerprint density at radius 1 is 0.966 bits per heavy atom. The molecule has 7 nitrogen and oxygen atoms in total. The van der Waals surface area contributed by atoms with Gasteiger partial charge in [-0.25, -0.2) is 18.4 Å². The number of nitrogens with zero attached hydrogens (tertiary/aromatic N) is 4. The van der Waals surface area contributed by atoms with Crippen LogP contribution < -0.4 is 5.32 Å². The molecule has 3 aromatic heterocycles. The number of benzene rings is 1. The van der Waals surface area contributed by atoms with Gasteiger partial charge in [0.1, 0.15) is 12.1 Å². The molecule has 1 aromatic carbocycles. The van der Waals surface area contributed by atoms with Gasteiger partial charge >= 0.3 is 0 Å². The Kier molecular flexibility index (Phi) is 5.12. The van der Waals surface area contributed by atoms with Gasteiger partial charge in [0.2, 0.25) is 0 Å². The van der Waals surface area contributed by atoms with Gasteiger partial charge in [0.25, 0.3) is 0 Å². The third-order valence-corrected chi connectivity index (χ3v) is 5.22. The number of anilines is 2. The molecule has 3 heterocycles. The van der Waals surface area contributed by atoms with E-state index in [4.69, 9.17) is 11.6 Å². The summed E-state index contributed by atoms with van der Waals surface area (Å²) in [6, 6.07) is 9.33. The molecular formula is C20H16ClN5O2S. The number of rotatable bonds is 5. The molecule has 0 atom stereocenters. The van der Waals surface area contributed by atoms with Gasteiger partial charge in [-0.2, -0.15) is 0 Å². The van der Waals surface area contributed by atoms with E-state index in [0.29, 0.717) is 22.1 Å². The van der Waals surface area contributed by atoms with Crippen LogP contribution in [0.25, 0.3) is 22.0 Å². The van der Waals surface area contributed by atoms with E-state index in [-0.39, 0.29) is 5.75 Å². The van der Waals surface area contributed by atoms with Crippen LogP contribution in [-0.2, 0) is 15.6 Å². The number of pyridine rings is 2. The summed E-state index contributed by atoms with van der Waals surface area (Å²) in [5.74, 6) is 0.556. The first-order valence-corrected chi connectivity index (χ1v) is 11.1. The second-order valence-corrected chi connectivity index (χ2v) is 9.20. The van der Waals surface area contributed by atoms with E-state index in [2.05, 4.69) is 25.3 Å². The summed E-state index contributed by atoms with van der Waals surface area (Å²) in [6.45, 7) is 0. The maximum Gasteiger partial charge on any atom is 0.151 e. The van der Waals surface area contributed by atoms with Gasteiger partial charge in [0.15, 0.2) is 9.84 Å². The molecule has 9 heteroatoms. The molecule has 0 aliphatic carbocycles. The fraction of sp³-hybridized carbons (Fsp3) is 0.100. The van der Waals surface area contributed by atoms with Gasteiger partial charge < -0.3 is 5.32 Å². The molecule has 0 radical (unpaired) electrons. The molecule has 4 rings (SSSR count). The molecule has 146 valence electrons. The zero-order valence-corrected chi connectivity index (χ0v) is 16.9. The van der Waals surface area contributed by atoms with Crippen molar-refractivity contribution in [3.05, 3.63) is 72.0 Å². The van der Waals surface area contributed by atoms with E-state index in [9.17, 15) is 8.42 Å². The minimum absolute atomic E-state index is 0.0564. The number of sulfone groups is 1. The normalized spacial score (nSPS) is 11.5. The van der Waals surface area contributed by atoms with Crippen LogP contribution in [0.2, 0.25) is 5.02 Å². The molecule has 0 fully saturated rings. The molecule has 0 aliphatic rings. The lowest BCUT2D eigenvalue weighted by molar-refractivity contribution is 0.601. The number of hydrogen-bond acceptors (Lipinski definition) is 7. The molecular weight excluding hydrogens is 410 g/mol. The van der Waals surface area contributed by atoms with Gasteiger partial charge in [-0.15, -0.1) is 0 Å². The smallest absolute Gasteiger partial charge is 0.151 e. The van der Waals surface area contributed by atoms with Gasteiger partial charge in [-0.1, -0.05) is 17.7 Å². The monoisotopic (exact) mass is 425 g/mol. The molecule has 0 aliphatic heterocycles. The molecule has 0 bridgehead atoms. The second kappa shape index (κ2) is 7.73. The van der Waals surface area contributed by atoms with Crippen LogP contribution in [0, 0.1) is 0 Å². The van der Waals surface area contributed by atoms with Crippen LogP contribution in [0.5, 0.6) is 0 Å². The lowest BCUT2D eigenvalue weighted by Gasteiger charge is -2.10. The highest BCUT2D eigenvalue weighted by molar-refractivity contribution is 7.89. The summed E-state index contributed by atoms with van der Waals surface area (Å²) >= 11 is 6.01. The zero-order valence-electron chi connectivity index (χ0n) is 15.4. The number of halogens is 1. The first-order valence-electron chi connectivity index (χ1n) is 8.62. The van der Waals surface area contributed by atoms with Crippen molar-refractivity contribution in [3.8, 4) is 11.1 Å². The number of nitrogens with one attached hydrogen (secondary N) is 1. The van der Waals surface area contributed by atoms with E-state index in [1.807, 2.05) is 24.3 Å². The number of aromatic nitrogens is 4. The quantitative estimate of drug-likeness (QED) is 0.515. The Labute approximate surface area is 172 Å². The highest BCUT2D eigenvalue weighted by atomic mass is 35.5. The Hall–Kier alpha value is -3.10. The highest BCUT2D eigenvalue weighted by Crippen LogP contribution is 2.29. The average molecular weight is 426 g/mol. The first-order chi connectivity index (χ1) is 13.9. The van der Waals surface area contributed by atoms with Crippen molar-refractivity contribution in [2.75, 3.05) is 11.6 Å². The van der Waals surface area contributed by atoms with Crippen LogP contribution >= 0.6 is 11.6 Å². The van der Waals surface area contributed by atoms with Crippen LogP contribution in [-0.4, -0.2) is 34.6 Å². The molecule has 0 saturated heterocycles. The van der Waals surface area contributed by atoms with E-state index >= 15 is 0 Å². The first kappa shape index (κ1) is 19.2. The van der Waals surface area contributed by atoms with E-state index in [1.165, 1.54) is 12.6 Å². The average Bonchev–Trinajstić information content (AvgIpc) is 2.67. The number of hydrogen-bond donors (Lipinski definition) is 1. The Bertz CT molecular complexity index is 1310. The Balaban J connectivity index is 1.75. The fourth-order valence-electron chi connectivity index (χ4n) is 2.98. The summed E-state index contributed by atoms with van der Waals surface area (Å²) in [5, 5.41) is 4.54. The predicted molar refractivity (Wildman–Crippen MR) is 114 cm³/mol. The summed E-state index contributed by atoms with van der Waals surface area (Å²) in [4.78, 5) is 16.9. The van der Waals surface area contributed by atoms with Crippen molar-refractivity contribution in [1.29, 1.82) is 0 Å². The topological polar surface area (TPSA) is 97.7 Å². The van der Waals surface area contributed by atoms with Crippen molar-refractivity contribution < 1.29 is 8.42 Å². The molecule has 0 saturated carbocycles. The fourth-order valence-corrected chi connectivity index (χ4v) is 3.92. The Morgan fingerprint density at radius 3 is 2.59 bits per heavy atom. The van der Waals surface area contributed by atoms with Crippen molar-refractivity contribution in [2.45, 2.75) is 5.75 Å². The maximum absolute atomic E-state index is 11.6. The summed E-state index contributed by atoms with van der Waals surface area (Å²) in [7, 11) is -3.14. The lowest BCUT2D eigenvalue weighted by atomic mass is 10.0. The molecule has 0 spiro atoms. The number of fused-ring (bicyclic) bond motifs is 1. The molecule has 0 amide bonds. The maximum atomic E-state index is 11.6. The Morgan fingerprint density at radius 2 is 1.79 bits per heavy atom. The van der Waals surface area contributed by atoms with Crippen molar-refractivity contribution in [3.63, 3.8) is 0 Å². The molecule has 29 heavy (non-hydrogen) atoms. The van der Waals surface area contributed by atoms with Crippen molar-refractivity contribution >= 4 is 43.8 Å². The predicted octanol–water partition coefficient (Wildman–Crippen LogP) is 4.03. The standard InChI is InChI=1S/C20H16ClN5O2S/c1-29(27,28)11-13-4-15(8-22-7-13)14-2-3-19-18(5-14)20(25-12-24-19)26-17-6-16(21)9-23-10-17/h2-10,12H,11H2,1H3,(H,24,25,26). The van der Waals surface area contributed by atoms with Crippen LogP contribution in [0.15, 0.2) is 61.4 Å². The van der Waals surface area contributed by atoms with E-state index < -0.39 is 9.84 Å². The van der Waals surface area contributed by atoms with Gasteiger partial charge in [0, 0.05) is 35.8 Å². The van der Waals surface area contributed by atoms with Crippen LogP contribution in [0.3, 0.4) is 0 Å². The molecule has 0 unspecified atom stereocenters. The minimum Gasteiger partial charge on any atom is -0.338 e. The zero-order chi connectivity index (χ0) is 20.4.